The van der Waals surface area contributed by atoms with Gasteiger partial charge in [-0.25, -0.2) is 11.6 Å². The van der Waals surface area contributed by atoms with E-state index in [9.17, 15) is 0 Å². The molecule has 0 aromatic heterocycles. The molecule has 0 aliphatic carbocycles. The van der Waals surface area contributed by atoms with Crippen molar-refractivity contribution in [1.82, 2.24) is 0 Å². The summed E-state index contributed by atoms with van der Waals surface area (Å²) in [4.78, 5) is 0. The molecule has 0 fully saturated rings. The van der Waals surface area contributed by atoms with Gasteiger partial charge in [0.05, 0.1) is 0 Å². The maximum absolute atomic E-state index is 2.36. The number of hydrogen-bond donors (Lipinski definition) is 0. The Kier molecular flexibility index (Phi) is 14.3. The third-order valence-electron chi connectivity index (χ3n) is 4.84. The fraction of sp³-hybridized carbons (Fsp3) is 0.261. The smallest absolute Gasteiger partial charge is 1.00 e. The van der Waals surface area contributed by atoms with Crippen LogP contribution < -0.4 is 37.2 Å². The number of halogens is 3. The second kappa shape index (κ2) is 13.5. The normalized spacial score (nSPS) is 9.85. The molecule has 0 nitrogen and oxygen atoms in total. The van der Waals surface area contributed by atoms with Gasteiger partial charge in [0.25, 0.3) is 0 Å². The summed E-state index contributed by atoms with van der Waals surface area (Å²) in [7, 11) is 0. The van der Waals surface area contributed by atoms with Crippen molar-refractivity contribution in [2.75, 3.05) is 0 Å². The van der Waals surface area contributed by atoms with Crippen molar-refractivity contribution >= 4 is 0 Å². The van der Waals surface area contributed by atoms with E-state index in [2.05, 4.69) is 92.7 Å². The van der Waals surface area contributed by atoms with Crippen LogP contribution in [0.25, 0.3) is 0 Å². The zero-order chi connectivity index (χ0) is 16.1. The Morgan fingerprint density at radius 2 is 1.26 bits per heavy atom. The SMILES string of the molecule is CCCCC(c1ccccc1)(c1ccccc1)[c-]1ccc(C)c1.[Cl-].[Cl-].[Cl-].[Ti+4]. The van der Waals surface area contributed by atoms with E-state index in [-0.39, 0.29) is 64.4 Å². The van der Waals surface area contributed by atoms with E-state index in [1.54, 1.807) is 0 Å². The molecule has 4 heteroatoms. The Morgan fingerprint density at radius 3 is 1.63 bits per heavy atom. The van der Waals surface area contributed by atoms with Gasteiger partial charge in [-0.15, -0.1) is 5.56 Å². The quantitative estimate of drug-likeness (QED) is 0.279. The molecule has 0 saturated carbocycles. The van der Waals surface area contributed by atoms with Gasteiger partial charge in [-0.3, -0.25) is 0 Å². The Balaban J connectivity index is 0. The largest absolute Gasteiger partial charge is 4.00 e. The molecule has 0 saturated heterocycles. The van der Waals surface area contributed by atoms with Gasteiger partial charge in [-0.2, -0.15) is 12.1 Å². The molecule has 0 aliphatic heterocycles. The molecule has 3 rings (SSSR count). The zero-order valence-electron chi connectivity index (χ0n) is 15.8. The Morgan fingerprint density at radius 1 is 0.778 bits per heavy atom. The number of rotatable bonds is 6. The second-order valence-electron chi connectivity index (χ2n) is 6.42. The Labute approximate surface area is 197 Å². The van der Waals surface area contributed by atoms with Gasteiger partial charge >= 0.3 is 21.7 Å². The second-order valence-corrected chi connectivity index (χ2v) is 6.42. The standard InChI is InChI=1S/C23H25.3ClH.Ti/c1-3-4-17-23(20-11-7-5-8-12-20,21-13-9-6-10-14-21)22-16-15-19(2)18-22;;;;/h5-16,18H,3-4,17H2,1-2H3;3*1H;/q-1;;;;+4/p-3. The fourth-order valence-corrected chi connectivity index (χ4v) is 3.65. The van der Waals surface area contributed by atoms with Gasteiger partial charge in [0.2, 0.25) is 0 Å². The predicted molar refractivity (Wildman–Crippen MR) is 99.1 cm³/mol. The summed E-state index contributed by atoms with van der Waals surface area (Å²) >= 11 is 0. The summed E-state index contributed by atoms with van der Waals surface area (Å²) in [5.74, 6) is 0. The average Bonchev–Trinajstić information content (AvgIpc) is 3.04. The topological polar surface area (TPSA) is 0 Å². The summed E-state index contributed by atoms with van der Waals surface area (Å²) in [6, 6.07) is 28.9. The van der Waals surface area contributed by atoms with E-state index < -0.39 is 0 Å². The van der Waals surface area contributed by atoms with E-state index in [1.165, 1.54) is 35.1 Å². The van der Waals surface area contributed by atoms with Gasteiger partial charge < -0.3 is 37.2 Å². The summed E-state index contributed by atoms with van der Waals surface area (Å²) < 4.78 is 0. The molecule has 0 spiro atoms. The van der Waals surface area contributed by atoms with E-state index in [0.717, 1.165) is 6.42 Å². The molecule has 0 amide bonds. The first-order valence-electron chi connectivity index (χ1n) is 8.62. The molecule has 142 valence electrons. The van der Waals surface area contributed by atoms with E-state index >= 15 is 0 Å². The molecule has 0 unspecified atom stereocenters. The third-order valence-corrected chi connectivity index (χ3v) is 4.84. The Hall–Kier alpha value is -0.626. The molecule has 0 bridgehead atoms. The molecule has 0 atom stereocenters. The van der Waals surface area contributed by atoms with Crippen molar-refractivity contribution in [1.29, 1.82) is 0 Å². The van der Waals surface area contributed by atoms with Crippen LogP contribution >= 0.6 is 0 Å². The van der Waals surface area contributed by atoms with Crippen LogP contribution in [-0.4, -0.2) is 0 Å². The predicted octanol–water partition coefficient (Wildman–Crippen LogP) is -2.75. The number of hydrogen-bond acceptors (Lipinski definition) is 0. The maximum atomic E-state index is 2.36. The van der Waals surface area contributed by atoms with Crippen LogP contribution in [0.1, 0.15) is 48.4 Å². The van der Waals surface area contributed by atoms with Crippen molar-refractivity contribution in [3.05, 3.63) is 101 Å². The molecule has 0 N–H and O–H groups in total. The molecular formula is C23H25Cl3Ti. The van der Waals surface area contributed by atoms with E-state index in [4.69, 9.17) is 0 Å². The first-order valence-corrected chi connectivity index (χ1v) is 8.62. The molecule has 0 aliphatic rings. The molecular weight excluding hydrogens is 430 g/mol. The minimum Gasteiger partial charge on any atom is -1.00 e. The van der Waals surface area contributed by atoms with Crippen molar-refractivity contribution in [3.63, 3.8) is 0 Å². The Bertz CT molecular complexity index is 699. The van der Waals surface area contributed by atoms with Crippen LogP contribution in [-0.2, 0) is 27.1 Å². The van der Waals surface area contributed by atoms with E-state index in [0.29, 0.717) is 0 Å². The van der Waals surface area contributed by atoms with Crippen LogP contribution in [0.4, 0.5) is 0 Å². The average molecular weight is 456 g/mol. The summed E-state index contributed by atoms with van der Waals surface area (Å²) in [6.07, 6.45) is 3.57. The molecule has 27 heavy (non-hydrogen) atoms. The van der Waals surface area contributed by atoms with Crippen LogP contribution in [0.2, 0.25) is 0 Å². The minimum absolute atomic E-state index is 0. The van der Waals surface area contributed by atoms with Gasteiger partial charge in [-0.05, 0) is 17.5 Å². The van der Waals surface area contributed by atoms with Crippen LogP contribution in [0.15, 0.2) is 78.9 Å². The molecule has 3 aromatic carbocycles. The third kappa shape index (κ3) is 6.18. The van der Waals surface area contributed by atoms with Crippen molar-refractivity contribution in [2.24, 2.45) is 0 Å². The van der Waals surface area contributed by atoms with Gasteiger partial charge in [0, 0.05) is 5.41 Å². The number of unbranched alkanes of at least 4 members (excludes halogenated alkanes) is 1. The fourth-order valence-electron chi connectivity index (χ4n) is 3.65. The maximum Gasteiger partial charge on any atom is 4.00 e. The van der Waals surface area contributed by atoms with Gasteiger partial charge in [0.15, 0.2) is 0 Å². The van der Waals surface area contributed by atoms with Crippen LogP contribution in [0.5, 0.6) is 0 Å². The zero-order valence-corrected chi connectivity index (χ0v) is 19.6. The summed E-state index contributed by atoms with van der Waals surface area (Å²) in [5, 5.41) is 0. The monoisotopic (exact) mass is 454 g/mol. The number of aryl methyl sites for hydroxylation is 1. The van der Waals surface area contributed by atoms with Gasteiger partial charge in [0.1, 0.15) is 0 Å². The van der Waals surface area contributed by atoms with Crippen molar-refractivity contribution in [2.45, 2.75) is 38.5 Å². The first kappa shape index (κ1) is 28.6. The summed E-state index contributed by atoms with van der Waals surface area (Å²) in [5.41, 5.74) is 5.50. The van der Waals surface area contributed by atoms with Crippen LogP contribution in [0.3, 0.4) is 0 Å². The van der Waals surface area contributed by atoms with Gasteiger partial charge in [-0.1, -0.05) is 87.4 Å². The minimum atomic E-state index is -0.0488. The van der Waals surface area contributed by atoms with Crippen LogP contribution in [0, 0.1) is 6.92 Å². The molecule has 0 heterocycles. The molecule has 3 aromatic rings. The van der Waals surface area contributed by atoms with E-state index in [1.807, 2.05) is 0 Å². The first-order chi connectivity index (χ1) is 11.3. The van der Waals surface area contributed by atoms with Crippen molar-refractivity contribution in [3.8, 4) is 0 Å². The molecule has 0 radical (unpaired) electrons. The van der Waals surface area contributed by atoms with Crippen molar-refractivity contribution < 1.29 is 58.9 Å². The number of benzene rings is 2. The summed E-state index contributed by atoms with van der Waals surface area (Å²) in [6.45, 7) is 4.46.